The Kier molecular flexibility index (Phi) is 6.90. The van der Waals surface area contributed by atoms with Crippen molar-refractivity contribution in [1.29, 1.82) is 0 Å². The number of benzene rings is 2. The molecule has 3 rings (SSSR count). The summed E-state index contributed by atoms with van der Waals surface area (Å²) >= 11 is 6.87. The maximum atomic E-state index is 11.5. The quantitative estimate of drug-likeness (QED) is 0.530. The molecule has 1 heterocycles. The molecule has 0 spiro atoms. The van der Waals surface area contributed by atoms with Gasteiger partial charge < -0.3 is 11.1 Å². The molecular weight excluding hydrogens is 392 g/mol. The van der Waals surface area contributed by atoms with Gasteiger partial charge in [0.2, 0.25) is 11.2 Å². The molecule has 0 bridgehead atoms. The molecule has 0 aliphatic heterocycles. The SMILES string of the molecule is Cc1c(Cl)cccc1-c1cc(NCCC(Cc2ccccc2)[S+]=O)nc(N)n1. The van der Waals surface area contributed by atoms with E-state index < -0.39 is 0 Å². The Labute approximate surface area is 173 Å². The van der Waals surface area contributed by atoms with E-state index in [1.165, 1.54) is 5.56 Å². The Morgan fingerprint density at radius 1 is 1.14 bits per heavy atom. The molecular formula is C21H22ClN4OS+. The number of nitrogens with one attached hydrogen (secondary N) is 1. The van der Waals surface area contributed by atoms with E-state index in [1.807, 2.05) is 61.5 Å². The van der Waals surface area contributed by atoms with E-state index in [2.05, 4.69) is 15.3 Å². The minimum atomic E-state index is -0.0104. The lowest BCUT2D eigenvalue weighted by Gasteiger charge is -2.11. The molecule has 1 unspecified atom stereocenters. The minimum absolute atomic E-state index is 0.0104. The maximum absolute atomic E-state index is 11.5. The summed E-state index contributed by atoms with van der Waals surface area (Å²) in [6.45, 7) is 2.57. The summed E-state index contributed by atoms with van der Waals surface area (Å²) in [6.07, 6.45) is 1.47. The molecule has 0 aliphatic rings. The van der Waals surface area contributed by atoms with E-state index in [1.54, 1.807) is 0 Å². The molecule has 3 aromatic rings. The zero-order valence-electron chi connectivity index (χ0n) is 15.6. The van der Waals surface area contributed by atoms with Gasteiger partial charge in [0.15, 0.2) is 0 Å². The van der Waals surface area contributed by atoms with Gasteiger partial charge in [0, 0.05) is 40.2 Å². The number of halogens is 1. The van der Waals surface area contributed by atoms with Gasteiger partial charge in [-0.25, -0.2) is 4.98 Å². The number of rotatable bonds is 8. The topological polar surface area (TPSA) is 80.9 Å². The van der Waals surface area contributed by atoms with Gasteiger partial charge >= 0.3 is 11.7 Å². The van der Waals surface area contributed by atoms with E-state index in [0.717, 1.165) is 24.0 Å². The Morgan fingerprint density at radius 3 is 2.68 bits per heavy atom. The third kappa shape index (κ3) is 5.24. The van der Waals surface area contributed by atoms with Crippen molar-refractivity contribution in [1.82, 2.24) is 9.97 Å². The lowest BCUT2D eigenvalue weighted by atomic mass is 10.1. The predicted molar refractivity (Wildman–Crippen MR) is 117 cm³/mol. The first-order valence-electron chi connectivity index (χ1n) is 9.03. The maximum Gasteiger partial charge on any atom is 0.462 e. The summed E-state index contributed by atoms with van der Waals surface area (Å²) in [7, 11) is 0. The van der Waals surface area contributed by atoms with E-state index in [-0.39, 0.29) is 11.2 Å². The van der Waals surface area contributed by atoms with Crippen LogP contribution in [0.2, 0.25) is 5.02 Å². The lowest BCUT2D eigenvalue weighted by molar-refractivity contribution is 0.593. The van der Waals surface area contributed by atoms with Gasteiger partial charge in [-0.2, -0.15) is 4.98 Å². The molecule has 2 aromatic carbocycles. The number of anilines is 2. The molecule has 3 N–H and O–H groups in total. The van der Waals surface area contributed by atoms with Crippen LogP contribution in [0.3, 0.4) is 0 Å². The van der Waals surface area contributed by atoms with Crippen LogP contribution in [-0.2, 0) is 22.3 Å². The second-order valence-electron chi connectivity index (χ2n) is 6.53. The van der Waals surface area contributed by atoms with Crippen molar-refractivity contribution in [3.05, 3.63) is 70.7 Å². The highest BCUT2D eigenvalue weighted by Gasteiger charge is 2.21. The Balaban J connectivity index is 1.67. The van der Waals surface area contributed by atoms with Gasteiger partial charge in [-0.05, 0) is 24.1 Å². The zero-order valence-corrected chi connectivity index (χ0v) is 17.1. The van der Waals surface area contributed by atoms with Crippen LogP contribution in [0.25, 0.3) is 11.3 Å². The molecule has 7 heteroatoms. The van der Waals surface area contributed by atoms with Crippen LogP contribution in [0.15, 0.2) is 54.6 Å². The molecule has 28 heavy (non-hydrogen) atoms. The van der Waals surface area contributed by atoms with Gasteiger partial charge in [0.1, 0.15) is 5.82 Å². The summed E-state index contributed by atoms with van der Waals surface area (Å²) in [6, 6.07) is 17.6. The summed E-state index contributed by atoms with van der Waals surface area (Å²) < 4.78 is 11.5. The zero-order chi connectivity index (χ0) is 19.9. The molecule has 5 nitrogen and oxygen atoms in total. The van der Waals surface area contributed by atoms with Gasteiger partial charge in [-0.3, -0.25) is 0 Å². The number of nitrogen functional groups attached to an aromatic ring is 1. The number of nitrogens with two attached hydrogens (primary N) is 1. The van der Waals surface area contributed by atoms with Crippen LogP contribution < -0.4 is 11.1 Å². The van der Waals surface area contributed by atoms with Crippen LogP contribution in [-0.4, -0.2) is 21.8 Å². The summed E-state index contributed by atoms with van der Waals surface area (Å²) in [5.41, 5.74) is 9.64. The van der Waals surface area contributed by atoms with Crippen LogP contribution >= 0.6 is 11.6 Å². The molecule has 1 aromatic heterocycles. The lowest BCUT2D eigenvalue weighted by Crippen LogP contribution is -2.16. The van der Waals surface area contributed by atoms with Crippen molar-refractivity contribution < 1.29 is 4.21 Å². The van der Waals surface area contributed by atoms with Crippen molar-refractivity contribution in [3.63, 3.8) is 0 Å². The standard InChI is InChI=1S/C21H22ClN4OS/c1-14-17(8-5-9-18(14)22)19-13-20(26-21(23)25-19)24-11-10-16(28-27)12-15-6-3-2-4-7-15/h2-9,13,16H,10-12H2,1H3,(H3,23,24,25,26)/q+1. The number of hydrogen-bond donors (Lipinski definition) is 2. The van der Waals surface area contributed by atoms with Crippen LogP contribution in [0.4, 0.5) is 11.8 Å². The molecule has 0 amide bonds. The normalized spacial score (nSPS) is 11.8. The van der Waals surface area contributed by atoms with E-state index >= 15 is 0 Å². The van der Waals surface area contributed by atoms with Crippen molar-refractivity contribution in [2.24, 2.45) is 0 Å². The van der Waals surface area contributed by atoms with Gasteiger partial charge in [0.25, 0.3) is 0 Å². The average Bonchev–Trinajstić information content (AvgIpc) is 2.69. The first-order valence-corrected chi connectivity index (χ1v) is 10.2. The van der Waals surface area contributed by atoms with Crippen LogP contribution in [0, 0.1) is 6.92 Å². The highest BCUT2D eigenvalue weighted by Crippen LogP contribution is 2.28. The molecule has 0 saturated carbocycles. The molecule has 0 fully saturated rings. The van der Waals surface area contributed by atoms with Gasteiger partial charge in [0.05, 0.1) is 5.69 Å². The van der Waals surface area contributed by atoms with Gasteiger partial charge in [-0.1, -0.05) is 54.1 Å². The fourth-order valence-electron chi connectivity index (χ4n) is 3.00. The molecule has 0 radical (unpaired) electrons. The summed E-state index contributed by atoms with van der Waals surface area (Å²) in [5.74, 6) is 0.828. The first kappa shape index (κ1) is 20.2. The highest BCUT2D eigenvalue weighted by atomic mass is 35.5. The molecule has 0 saturated heterocycles. The minimum Gasteiger partial charge on any atom is -0.370 e. The molecule has 1 atom stereocenters. The largest absolute Gasteiger partial charge is 0.462 e. The second kappa shape index (κ2) is 9.57. The van der Waals surface area contributed by atoms with Crippen molar-refractivity contribution in [2.45, 2.75) is 25.0 Å². The Morgan fingerprint density at radius 2 is 1.93 bits per heavy atom. The molecule has 144 valence electrons. The summed E-state index contributed by atoms with van der Waals surface area (Å²) in [5, 5.41) is 3.93. The van der Waals surface area contributed by atoms with Crippen LogP contribution in [0.1, 0.15) is 17.5 Å². The Bertz CT molecular complexity index is 952. The highest BCUT2D eigenvalue weighted by molar-refractivity contribution is 7.66. The summed E-state index contributed by atoms with van der Waals surface area (Å²) in [4.78, 5) is 8.59. The predicted octanol–water partition coefficient (Wildman–Crippen LogP) is 4.53. The first-order chi connectivity index (χ1) is 13.6. The van der Waals surface area contributed by atoms with Gasteiger partial charge in [-0.15, -0.1) is 0 Å². The van der Waals surface area contributed by atoms with Crippen LogP contribution in [0.5, 0.6) is 0 Å². The third-order valence-corrected chi connectivity index (χ3v) is 5.59. The Hall–Kier alpha value is -2.57. The number of aromatic nitrogens is 2. The van der Waals surface area contributed by atoms with E-state index in [0.29, 0.717) is 34.7 Å². The average molecular weight is 414 g/mol. The molecule has 0 aliphatic carbocycles. The van der Waals surface area contributed by atoms with E-state index in [9.17, 15) is 4.21 Å². The van der Waals surface area contributed by atoms with Crippen molar-refractivity contribution >= 4 is 35.0 Å². The second-order valence-corrected chi connectivity index (χ2v) is 7.80. The third-order valence-electron chi connectivity index (χ3n) is 4.50. The van der Waals surface area contributed by atoms with Crippen molar-refractivity contribution in [3.8, 4) is 11.3 Å². The fraction of sp³-hybridized carbons (Fsp3) is 0.238. The fourth-order valence-corrected chi connectivity index (χ4v) is 3.65. The smallest absolute Gasteiger partial charge is 0.370 e. The number of hydrogen-bond acceptors (Lipinski definition) is 5. The monoisotopic (exact) mass is 413 g/mol. The van der Waals surface area contributed by atoms with E-state index in [4.69, 9.17) is 17.3 Å². The van der Waals surface area contributed by atoms with Crippen molar-refractivity contribution in [2.75, 3.05) is 17.6 Å². The number of nitrogens with zero attached hydrogens (tertiary/aromatic N) is 2.